The molecule has 2 atom stereocenters. The van der Waals surface area contributed by atoms with Crippen LogP contribution < -0.4 is 5.32 Å². The molecule has 0 aliphatic rings. The lowest BCUT2D eigenvalue weighted by Gasteiger charge is -2.20. The Bertz CT molecular complexity index is 1080. The van der Waals surface area contributed by atoms with Crippen molar-refractivity contribution in [1.29, 1.82) is 0 Å². The zero-order chi connectivity index (χ0) is 50.0. The van der Waals surface area contributed by atoms with Gasteiger partial charge in [-0.05, 0) is 57.8 Å². The first-order valence-corrected chi connectivity index (χ1v) is 31.1. The predicted molar refractivity (Wildman–Crippen MR) is 301 cm³/mol. The quantitative estimate of drug-likeness (QED) is 0.0321. The normalized spacial score (nSPS) is 12.7. The lowest BCUT2D eigenvalue weighted by Crippen LogP contribution is -2.45. The maximum absolute atomic E-state index is 12.5. The number of aliphatic hydroxyl groups is 2. The van der Waals surface area contributed by atoms with Gasteiger partial charge in [0, 0.05) is 12.8 Å². The number of carbonyl (C=O) groups is 2. The third kappa shape index (κ3) is 55.5. The van der Waals surface area contributed by atoms with E-state index in [9.17, 15) is 19.8 Å². The smallest absolute Gasteiger partial charge is 0.305 e. The lowest BCUT2D eigenvalue weighted by molar-refractivity contribution is -0.143. The van der Waals surface area contributed by atoms with Crippen molar-refractivity contribution in [3.63, 3.8) is 0 Å². The zero-order valence-electron chi connectivity index (χ0n) is 46.6. The van der Waals surface area contributed by atoms with E-state index in [0.717, 1.165) is 57.8 Å². The molecule has 0 fully saturated rings. The molecule has 408 valence electrons. The van der Waals surface area contributed by atoms with Gasteiger partial charge in [0.2, 0.25) is 5.91 Å². The Morgan fingerprint density at radius 3 is 1.03 bits per heavy atom. The fourth-order valence-electron chi connectivity index (χ4n) is 9.69. The number of hydrogen-bond acceptors (Lipinski definition) is 5. The van der Waals surface area contributed by atoms with Gasteiger partial charge in [0.25, 0.3) is 0 Å². The Kier molecular flexibility index (Phi) is 57.5. The molecule has 0 radical (unpaired) electrons. The van der Waals surface area contributed by atoms with Crippen molar-refractivity contribution in [2.75, 3.05) is 13.2 Å². The second-order valence-corrected chi connectivity index (χ2v) is 21.4. The molecule has 0 bridgehead atoms. The summed E-state index contributed by atoms with van der Waals surface area (Å²) < 4.78 is 5.48. The molecule has 0 rings (SSSR count). The molecule has 0 aliphatic heterocycles. The summed E-state index contributed by atoms with van der Waals surface area (Å²) in [5.41, 5.74) is 0. The summed E-state index contributed by atoms with van der Waals surface area (Å²) in [5.74, 6) is -0.0760. The first kappa shape index (κ1) is 67.3. The van der Waals surface area contributed by atoms with E-state index in [1.165, 1.54) is 257 Å². The standard InChI is InChI=1S/C63H121NO5/c1-3-5-7-9-11-13-15-17-19-21-22-24-27-31-35-39-43-47-51-55-61(66)60(59-65)64-62(67)56-52-48-44-40-36-32-28-25-23-26-30-34-38-42-46-50-54-58-69-63(68)57-53-49-45-41-37-33-29-20-18-16-14-12-10-8-6-4-2/h23,26,51,55,60-61,65-66H,3-22,24-25,27-50,52-54,56-59H2,1-2H3,(H,64,67)/b26-23-,55-51+. The lowest BCUT2D eigenvalue weighted by atomic mass is 10.0. The van der Waals surface area contributed by atoms with Crippen LogP contribution in [0.15, 0.2) is 24.3 Å². The number of rotatable bonds is 58. The molecular weight excluding hydrogens is 851 g/mol. The highest BCUT2D eigenvalue weighted by atomic mass is 16.5. The highest BCUT2D eigenvalue weighted by Crippen LogP contribution is 2.17. The summed E-state index contributed by atoms with van der Waals surface area (Å²) in [5, 5.41) is 23.2. The molecule has 0 aliphatic carbocycles. The minimum Gasteiger partial charge on any atom is -0.466 e. The Hall–Kier alpha value is -1.66. The summed E-state index contributed by atoms with van der Waals surface area (Å²) in [6.45, 7) is 4.91. The summed E-state index contributed by atoms with van der Waals surface area (Å²) in [7, 11) is 0. The maximum atomic E-state index is 12.5. The van der Waals surface area contributed by atoms with Crippen LogP contribution in [0, 0.1) is 0 Å². The Morgan fingerprint density at radius 2 is 0.681 bits per heavy atom. The van der Waals surface area contributed by atoms with Crippen LogP contribution in [0.1, 0.15) is 341 Å². The topological polar surface area (TPSA) is 95.9 Å². The van der Waals surface area contributed by atoms with Crippen molar-refractivity contribution < 1.29 is 24.5 Å². The SMILES string of the molecule is CCCCCCCCCCCCCCCCCCC/C=C/C(O)C(CO)NC(=O)CCCCCCCCC/C=C\CCCCCCCCOC(=O)CCCCCCCCCCCCCCCCCC. The van der Waals surface area contributed by atoms with E-state index >= 15 is 0 Å². The molecule has 0 aromatic rings. The number of esters is 1. The van der Waals surface area contributed by atoms with Crippen LogP contribution in [-0.4, -0.2) is 47.4 Å². The number of amides is 1. The van der Waals surface area contributed by atoms with Crippen molar-refractivity contribution in [2.45, 2.75) is 353 Å². The van der Waals surface area contributed by atoms with Crippen LogP contribution in [0.4, 0.5) is 0 Å². The second-order valence-electron chi connectivity index (χ2n) is 21.4. The molecule has 6 nitrogen and oxygen atoms in total. The number of aliphatic hydroxyl groups excluding tert-OH is 2. The molecule has 69 heavy (non-hydrogen) atoms. The van der Waals surface area contributed by atoms with E-state index in [1.54, 1.807) is 6.08 Å². The Morgan fingerprint density at radius 1 is 0.391 bits per heavy atom. The molecule has 2 unspecified atom stereocenters. The number of ether oxygens (including phenoxy) is 1. The Balaban J connectivity index is 3.47. The van der Waals surface area contributed by atoms with Crippen molar-refractivity contribution in [2.24, 2.45) is 0 Å². The molecule has 6 heteroatoms. The van der Waals surface area contributed by atoms with Crippen molar-refractivity contribution >= 4 is 11.9 Å². The average Bonchev–Trinajstić information content (AvgIpc) is 3.35. The number of allylic oxidation sites excluding steroid dienone is 3. The van der Waals surface area contributed by atoms with E-state index < -0.39 is 12.1 Å². The van der Waals surface area contributed by atoms with Crippen LogP contribution >= 0.6 is 0 Å². The van der Waals surface area contributed by atoms with Gasteiger partial charge in [-0.3, -0.25) is 9.59 Å². The minimum absolute atomic E-state index is 0.00122. The predicted octanol–water partition coefficient (Wildman–Crippen LogP) is 19.4. The van der Waals surface area contributed by atoms with E-state index in [-0.39, 0.29) is 18.5 Å². The minimum atomic E-state index is -0.853. The van der Waals surface area contributed by atoms with Crippen LogP contribution in [0.5, 0.6) is 0 Å². The fraction of sp³-hybridized carbons (Fsp3) is 0.905. The second kappa shape index (κ2) is 58.9. The van der Waals surface area contributed by atoms with Gasteiger partial charge < -0.3 is 20.3 Å². The molecule has 0 aromatic heterocycles. The number of unbranched alkanes of at least 4 members (excludes halogenated alkanes) is 45. The van der Waals surface area contributed by atoms with Crippen molar-refractivity contribution in [1.82, 2.24) is 5.32 Å². The monoisotopic (exact) mass is 972 g/mol. The summed E-state index contributed by atoms with van der Waals surface area (Å²) in [6.07, 6.45) is 72.1. The van der Waals surface area contributed by atoms with Crippen molar-refractivity contribution in [3.8, 4) is 0 Å². The maximum Gasteiger partial charge on any atom is 0.305 e. The molecule has 0 heterocycles. The molecule has 0 spiro atoms. The molecular formula is C63H121NO5. The summed E-state index contributed by atoms with van der Waals surface area (Å²) in [4.78, 5) is 24.6. The van der Waals surface area contributed by atoms with Gasteiger partial charge in [0.1, 0.15) is 0 Å². The number of nitrogens with one attached hydrogen (secondary N) is 1. The van der Waals surface area contributed by atoms with Crippen molar-refractivity contribution in [3.05, 3.63) is 24.3 Å². The molecule has 0 saturated heterocycles. The Labute approximate surface area is 431 Å². The molecule has 0 saturated carbocycles. The molecule has 0 aromatic carbocycles. The molecule has 1 amide bonds. The van der Waals surface area contributed by atoms with Crippen LogP contribution in [-0.2, 0) is 14.3 Å². The van der Waals surface area contributed by atoms with E-state index in [4.69, 9.17) is 4.74 Å². The first-order valence-electron chi connectivity index (χ1n) is 31.1. The van der Waals surface area contributed by atoms with Crippen LogP contribution in [0.25, 0.3) is 0 Å². The number of carbonyl (C=O) groups excluding carboxylic acids is 2. The van der Waals surface area contributed by atoms with Gasteiger partial charge in [-0.25, -0.2) is 0 Å². The van der Waals surface area contributed by atoms with Gasteiger partial charge in [0.15, 0.2) is 0 Å². The highest BCUT2D eigenvalue weighted by molar-refractivity contribution is 5.76. The first-order chi connectivity index (χ1) is 34.0. The average molecular weight is 973 g/mol. The number of hydrogen-bond donors (Lipinski definition) is 3. The van der Waals surface area contributed by atoms with E-state index in [1.807, 2.05) is 6.08 Å². The largest absolute Gasteiger partial charge is 0.466 e. The third-order valence-electron chi connectivity index (χ3n) is 14.5. The van der Waals surface area contributed by atoms with Gasteiger partial charge in [-0.2, -0.15) is 0 Å². The van der Waals surface area contributed by atoms with Crippen LogP contribution in [0.3, 0.4) is 0 Å². The van der Waals surface area contributed by atoms with Crippen LogP contribution in [0.2, 0.25) is 0 Å². The van der Waals surface area contributed by atoms with Gasteiger partial charge in [0.05, 0.1) is 25.4 Å². The zero-order valence-corrected chi connectivity index (χ0v) is 46.6. The van der Waals surface area contributed by atoms with E-state index in [2.05, 4.69) is 31.3 Å². The highest BCUT2D eigenvalue weighted by Gasteiger charge is 2.18. The fourth-order valence-corrected chi connectivity index (χ4v) is 9.69. The van der Waals surface area contributed by atoms with Gasteiger partial charge in [-0.1, -0.05) is 295 Å². The summed E-state index contributed by atoms with van der Waals surface area (Å²) in [6, 6.07) is -0.637. The third-order valence-corrected chi connectivity index (χ3v) is 14.5. The summed E-state index contributed by atoms with van der Waals surface area (Å²) >= 11 is 0. The van der Waals surface area contributed by atoms with Gasteiger partial charge in [-0.15, -0.1) is 0 Å². The van der Waals surface area contributed by atoms with E-state index in [0.29, 0.717) is 19.4 Å². The van der Waals surface area contributed by atoms with Gasteiger partial charge >= 0.3 is 5.97 Å². The molecule has 3 N–H and O–H groups in total.